The van der Waals surface area contributed by atoms with Crippen molar-refractivity contribution in [3.63, 3.8) is 0 Å². The van der Waals surface area contributed by atoms with Crippen molar-refractivity contribution >= 4 is 45.7 Å². The molecule has 9 heteroatoms. The number of anilines is 3. The van der Waals surface area contributed by atoms with E-state index >= 15 is 4.39 Å². The molecule has 1 atom stereocenters. The fraction of sp³-hybridized carbons (Fsp3) is 0.240. The van der Waals surface area contributed by atoms with Crippen LogP contribution in [-0.2, 0) is 0 Å². The smallest absolute Gasteiger partial charge is 0.255 e. The Morgan fingerprint density at radius 2 is 2.15 bits per heavy atom. The third-order valence-corrected chi connectivity index (χ3v) is 6.41. The van der Waals surface area contributed by atoms with E-state index in [0.717, 1.165) is 36.4 Å². The Bertz CT molecular complexity index is 1340. The zero-order chi connectivity index (χ0) is 23.7. The lowest BCUT2D eigenvalue weighted by atomic mass is 10.1. The molecule has 3 heterocycles. The number of hydrogen-bond donors (Lipinski definition) is 2. The van der Waals surface area contributed by atoms with Crippen molar-refractivity contribution in [2.24, 2.45) is 0 Å². The van der Waals surface area contributed by atoms with E-state index in [1.54, 1.807) is 42.7 Å². The van der Waals surface area contributed by atoms with Gasteiger partial charge in [-0.15, -0.1) is 0 Å². The molecule has 174 valence electrons. The standard InChI is InChI=1S/C25H24ClFN6O/c1-2-33(19-9-11-32(14-19)24-20-8-10-28-23(20)29-15-30-24)22-7-6-16(12-21(22)27)25(34)31-18-5-3-4-17(26)13-18/h3-8,10,12-13,15,19H,2,9,11,14H2,1H3,(H,31,34)(H,28,29,30). The summed E-state index contributed by atoms with van der Waals surface area (Å²) in [6.45, 7) is 4.20. The van der Waals surface area contributed by atoms with Crippen LogP contribution in [0.15, 0.2) is 61.1 Å². The Kier molecular flexibility index (Phi) is 6.06. The lowest BCUT2D eigenvalue weighted by Gasteiger charge is -2.30. The zero-order valence-corrected chi connectivity index (χ0v) is 19.4. The molecule has 0 radical (unpaired) electrons. The first-order valence-electron chi connectivity index (χ1n) is 11.2. The second kappa shape index (κ2) is 9.30. The third-order valence-electron chi connectivity index (χ3n) is 6.18. The van der Waals surface area contributed by atoms with Crippen LogP contribution < -0.4 is 15.1 Å². The van der Waals surface area contributed by atoms with Gasteiger partial charge in [0.05, 0.1) is 11.1 Å². The van der Waals surface area contributed by atoms with Crippen molar-refractivity contribution in [2.45, 2.75) is 19.4 Å². The van der Waals surface area contributed by atoms with Crippen molar-refractivity contribution in [3.05, 3.63) is 77.5 Å². The minimum absolute atomic E-state index is 0.120. The molecule has 1 amide bonds. The van der Waals surface area contributed by atoms with E-state index in [2.05, 4.69) is 30.1 Å². The summed E-state index contributed by atoms with van der Waals surface area (Å²) in [5.74, 6) is 0.0782. The summed E-state index contributed by atoms with van der Waals surface area (Å²) in [6.07, 6.45) is 4.29. The first-order valence-corrected chi connectivity index (χ1v) is 11.6. The van der Waals surface area contributed by atoms with Gasteiger partial charge in [0.2, 0.25) is 0 Å². The molecule has 0 bridgehead atoms. The van der Waals surface area contributed by atoms with E-state index in [-0.39, 0.29) is 17.5 Å². The molecule has 0 aliphatic carbocycles. The van der Waals surface area contributed by atoms with Gasteiger partial charge in [-0.3, -0.25) is 4.79 Å². The highest BCUT2D eigenvalue weighted by Gasteiger charge is 2.30. The number of halogens is 2. The number of amides is 1. The monoisotopic (exact) mass is 478 g/mol. The topological polar surface area (TPSA) is 77.2 Å². The van der Waals surface area contributed by atoms with Gasteiger partial charge in [0, 0.05) is 48.1 Å². The molecule has 2 N–H and O–H groups in total. The largest absolute Gasteiger partial charge is 0.365 e. The average Bonchev–Trinajstić information content (AvgIpc) is 3.50. The number of rotatable bonds is 6. The number of hydrogen-bond acceptors (Lipinski definition) is 5. The van der Waals surface area contributed by atoms with Gasteiger partial charge in [-0.2, -0.15) is 0 Å². The number of benzene rings is 2. The van der Waals surface area contributed by atoms with Crippen LogP contribution in [0.3, 0.4) is 0 Å². The highest BCUT2D eigenvalue weighted by atomic mass is 35.5. The first kappa shape index (κ1) is 22.2. The van der Waals surface area contributed by atoms with Gasteiger partial charge >= 0.3 is 0 Å². The number of fused-ring (bicyclic) bond motifs is 1. The van der Waals surface area contributed by atoms with Crippen LogP contribution >= 0.6 is 11.6 Å². The lowest BCUT2D eigenvalue weighted by Crippen LogP contribution is -2.38. The van der Waals surface area contributed by atoms with Crippen molar-refractivity contribution in [1.29, 1.82) is 0 Å². The molecule has 5 rings (SSSR count). The molecule has 7 nitrogen and oxygen atoms in total. The number of likely N-dealkylation sites (N-methyl/N-ethyl adjacent to an activating group) is 1. The van der Waals surface area contributed by atoms with Crippen LogP contribution in [0.5, 0.6) is 0 Å². The van der Waals surface area contributed by atoms with Crippen LogP contribution in [0.4, 0.5) is 21.6 Å². The Balaban J connectivity index is 1.32. The Labute approximate surface area is 201 Å². The van der Waals surface area contributed by atoms with E-state index in [0.29, 0.717) is 22.9 Å². The number of H-pyrrole nitrogens is 1. The lowest BCUT2D eigenvalue weighted by molar-refractivity contribution is 0.102. The van der Waals surface area contributed by atoms with Gasteiger partial charge in [0.25, 0.3) is 5.91 Å². The van der Waals surface area contributed by atoms with Gasteiger partial charge in [0.15, 0.2) is 0 Å². The number of nitrogens with zero attached hydrogens (tertiary/aromatic N) is 4. The summed E-state index contributed by atoms with van der Waals surface area (Å²) >= 11 is 5.98. The number of nitrogens with one attached hydrogen (secondary N) is 2. The molecular formula is C25H24ClFN6O. The minimum atomic E-state index is -0.422. The molecular weight excluding hydrogens is 455 g/mol. The fourth-order valence-corrected chi connectivity index (χ4v) is 4.77. The molecule has 34 heavy (non-hydrogen) atoms. The predicted octanol–water partition coefficient (Wildman–Crippen LogP) is 5.11. The number of aromatic nitrogens is 3. The number of carbonyl (C=O) groups is 1. The van der Waals surface area contributed by atoms with Crippen LogP contribution in [0, 0.1) is 5.82 Å². The van der Waals surface area contributed by atoms with Crippen LogP contribution in [-0.4, -0.2) is 46.5 Å². The van der Waals surface area contributed by atoms with Gasteiger partial charge in [-0.05, 0) is 55.8 Å². The van der Waals surface area contributed by atoms with E-state index in [9.17, 15) is 4.79 Å². The summed E-state index contributed by atoms with van der Waals surface area (Å²) < 4.78 is 15.2. The van der Waals surface area contributed by atoms with Gasteiger partial charge in [0.1, 0.15) is 23.6 Å². The van der Waals surface area contributed by atoms with Crippen LogP contribution in [0.25, 0.3) is 11.0 Å². The summed E-state index contributed by atoms with van der Waals surface area (Å²) in [7, 11) is 0. The third kappa shape index (κ3) is 4.28. The Morgan fingerprint density at radius 1 is 1.26 bits per heavy atom. The van der Waals surface area contributed by atoms with Gasteiger partial charge in [-0.25, -0.2) is 14.4 Å². The molecule has 1 unspecified atom stereocenters. The molecule has 0 spiro atoms. The Hall–Kier alpha value is -3.65. The minimum Gasteiger partial charge on any atom is -0.365 e. The zero-order valence-electron chi connectivity index (χ0n) is 18.6. The molecule has 2 aromatic heterocycles. The maximum absolute atomic E-state index is 15.2. The quantitative estimate of drug-likeness (QED) is 0.403. The molecule has 2 aromatic carbocycles. The second-order valence-electron chi connectivity index (χ2n) is 8.24. The molecule has 1 aliphatic rings. The molecule has 0 saturated carbocycles. The van der Waals surface area contributed by atoms with E-state index in [1.165, 1.54) is 6.07 Å². The molecule has 1 aliphatic heterocycles. The van der Waals surface area contributed by atoms with E-state index in [1.807, 2.05) is 19.2 Å². The SMILES string of the molecule is CCN(c1ccc(C(=O)Nc2cccc(Cl)c2)cc1F)C1CCN(c2ncnc3[nH]ccc23)C1. The second-order valence-corrected chi connectivity index (χ2v) is 8.68. The summed E-state index contributed by atoms with van der Waals surface area (Å²) in [6, 6.07) is 13.6. The normalized spacial score (nSPS) is 15.6. The van der Waals surface area contributed by atoms with Crippen LogP contribution in [0.2, 0.25) is 5.02 Å². The molecule has 1 saturated heterocycles. The van der Waals surface area contributed by atoms with Gasteiger partial charge in [-0.1, -0.05) is 17.7 Å². The summed E-state index contributed by atoms with van der Waals surface area (Å²) in [5, 5.41) is 4.25. The van der Waals surface area contributed by atoms with E-state index < -0.39 is 5.82 Å². The number of carbonyl (C=O) groups excluding carboxylic acids is 1. The summed E-state index contributed by atoms with van der Waals surface area (Å²) in [5.41, 5.74) is 2.10. The molecule has 4 aromatic rings. The fourth-order valence-electron chi connectivity index (χ4n) is 4.58. The highest BCUT2D eigenvalue weighted by Crippen LogP contribution is 2.30. The van der Waals surface area contributed by atoms with Crippen molar-refractivity contribution in [2.75, 3.05) is 34.8 Å². The predicted molar refractivity (Wildman–Crippen MR) is 133 cm³/mol. The van der Waals surface area contributed by atoms with Gasteiger partial charge < -0.3 is 20.1 Å². The van der Waals surface area contributed by atoms with Crippen LogP contribution in [0.1, 0.15) is 23.7 Å². The van der Waals surface area contributed by atoms with Crippen molar-refractivity contribution in [3.8, 4) is 0 Å². The summed E-state index contributed by atoms with van der Waals surface area (Å²) in [4.78, 5) is 28.8. The maximum Gasteiger partial charge on any atom is 0.255 e. The number of aromatic amines is 1. The highest BCUT2D eigenvalue weighted by molar-refractivity contribution is 6.31. The maximum atomic E-state index is 15.2. The Morgan fingerprint density at radius 3 is 2.94 bits per heavy atom. The average molecular weight is 479 g/mol. The van der Waals surface area contributed by atoms with E-state index in [4.69, 9.17) is 11.6 Å². The van der Waals surface area contributed by atoms with Crippen molar-refractivity contribution < 1.29 is 9.18 Å². The first-order chi connectivity index (χ1) is 16.5. The van der Waals surface area contributed by atoms with Crippen molar-refractivity contribution in [1.82, 2.24) is 15.0 Å². The molecule has 1 fully saturated rings.